The molecule has 0 aliphatic carbocycles. The highest BCUT2D eigenvalue weighted by Crippen LogP contribution is 2.21. The molecule has 0 aliphatic rings. The second-order valence-electron chi connectivity index (χ2n) is 4.29. The summed E-state index contributed by atoms with van der Waals surface area (Å²) in [4.78, 5) is 0. The molecule has 0 aromatic heterocycles. The zero-order valence-electron chi connectivity index (χ0n) is 9.90. The maximum Gasteiger partial charge on any atom is 0.121 e. The molecule has 1 rings (SSSR count). The fourth-order valence-corrected chi connectivity index (χ4v) is 1.26. The second-order valence-corrected chi connectivity index (χ2v) is 4.29. The lowest BCUT2D eigenvalue weighted by atomic mass is 10.0. The van der Waals surface area contributed by atoms with Crippen molar-refractivity contribution in [3.8, 4) is 5.75 Å². The smallest absolute Gasteiger partial charge is 0.121 e. The van der Waals surface area contributed by atoms with E-state index in [1.54, 1.807) is 6.92 Å². The lowest BCUT2D eigenvalue weighted by molar-refractivity contribution is 0.0604. The Labute approximate surface area is 91.9 Å². The van der Waals surface area contributed by atoms with E-state index in [0.717, 1.165) is 5.75 Å². The first-order valence-electron chi connectivity index (χ1n) is 5.45. The van der Waals surface area contributed by atoms with Gasteiger partial charge in [-0.1, -0.05) is 26.0 Å². The van der Waals surface area contributed by atoms with Crippen molar-refractivity contribution in [3.05, 3.63) is 29.8 Å². The monoisotopic (exact) mass is 208 g/mol. The maximum absolute atomic E-state index is 9.34. The number of hydrogen-bond acceptors (Lipinski definition) is 2. The van der Waals surface area contributed by atoms with Crippen LogP contribution in [0.5, 0.6) is 5.75 Å². The van der Waals surface area contributed by atoms with Gasteiger partial charge in [0.25, 0.3) is 0 Å². The Morgan fingerprint density at radius 1 is 1.13 bits per heavy atom. The highest BCUT2D eigenvalue weighted by molar-refractivity contribution is 5.30. The van der Waals surface area contributed by atoms with Crippen LogP contribution in [-0.4, -0.2) is 17.3 Å². The van der Waals surface area contributed by atoms with Gasteiger partial charge in [-0.25, -0.2) is 0 Å². The average molecular weight is 208 g/mol. The molecule has 0 amide bonds. The van der Waals surface area contributed by atoms with Gasteiger partial charge in [-0.15, -0.1) is 0 Å². The van der Waals surface area contributed by atoms with Gasteiger partial charge in [0.05, 0.1) is 6.10 Å². The molecule has 0 spiro atoms. The number of aliphatic hydroxyl groups excluding tert-OH is 1. The molecular weight excluding hydrogens is 188 g/mol. The SMILES string of the molecule is CC(C)c1cccc(OC(C)[C@@H](C)O)c1. The summed E-state index contributed by atoms with van der Waals surface area (Å²) in [6.07, 6.45) is -0.625. The minimum atomic E-state index is -0.451. The Kier molecular flexibility index (Phi) is 4.15. The van der Waals surface area contributed by atoms with E-state index in [4.69, 9.17) is 4.74 Å². The molecule has 0 heterocycles. The van der Waals surface area contributed by atoms with Gasteiger partial charge in [-0.3, -0.25) is 0 Å². The van der Waals surface area contributed by atoms with Crippen LogP contribution in [0.4, 0.5) is 0 Å². The zero-order chi connectivity index (χ0) is 11.4. The molecule has 2 atom stereocenters. The number of hydrogen-bond donors (Lipinski definition) is 1. The molecule has 0 aliphatic heterocycles. The topological polar surface area (TPSA) is 29.5 Å². The van der Waals surface area contributed by atoms with Crippen molar-refractivity contribution in [3.63, 3.8) is 0 Å². The van der Waals surface area contributed by atoms with Crippen LogP contribution in [-0.2, 0) is 0 Å². The molecule has 0 bridgehead atoms. The molecule has 15 heavy (non-hydrogen) atoms. The van der Waals surface area contributed by atoms with Gasteiger partial charge < -0.3 is 9.84 Å². The van der Waals surface area contributed by atoms with E-state index < -0.39 is 6.10 Å². The predicted molar refractivity (Wildman–Crippen MR) is 62.3 cm³/mol. The fourth-order valence-electron chi connectivity index (χ4n) is 1.26. The third-order valence-corrected chi connectivity index (χ3v) is 2.53. The summed E-state index contributed by atoms with van der Waals surface area (Å²) in [6.45, 7) is 7.90. The van der Waals surface area contributed by atoms with Gasteiger partial charge in [-0.05, 0) is 37.5 Å². The van der Waals surface area contributed by atoms with Gasteiger partial charge in [-0.2, -0.15) is 0 Å². The lowest BCUT2D eigenvalue weighted by Gasteiger charge is -2.18. The van der Waals surface area contributed by atoms with Crippen molar-refractivity contribution < 1.29 is 9.84 Å². The number of benzene rings is 1. The molecular formula is C13H20O2. The van der Waals surface area contributed by atoms with E-state index in [9.17, 15) is 5.11 Å². The quantitative estimate of drug-likeness (QED) is 0.824. The van der Waals surface area contributed by atoms with Crippen LogP contribution < -0.4 is 4.74 Å². The van der Waals surface area contributed by atoms with Crippen molar-refractivity contribution in [1.82, 2.24) is 0 Å². The lowest BCUT2D eigenvalue weighted by Crippen LogP contribution is -2.25. The van der Waals surface area contributed by atoms with Gasteiger partial charge in [0.1, 0.15) is 11.9 Å². The standard InChI is InChI=1S/C13H20O2/c1-9(2)12-6-5-7-13(8-12)15-11(4)10(3)14/h5-11,14H,1-4H3/t10-,11?/m1/s1. The molecule has 1 aromatic carbocycles. The Morgan fingerprint density at radius 3 is 2.33 bits per heavy atom. The maximum atomic E-state index is 9.34. The first kappa shape index (κ1) is 12.1. The third-order valence-electron chi connectivity index (χ3n) is 2.53. The van der Waals surface area contributed by atoms with Gasteiger partial charge >= 0.3 is 0 Å². The Morgan fingerprint density at radius 2 is 1.80 bits per heavy atom. The van der Waals surface area contributed by atoms with Crippen LogP contribution in [0.1, 0.15) is 39.2 Å². The van der Waals surface area contributed by atoms with Crippen molar-refractivity contribution in [2.24, 2.45) is 0 Å². The van der Waals surface area contributed by atoms with E-state index in [2.05, 4.69) is 19.9 Å². The average Bonchev–Trinajstić information content (AvgIpc) is 2.18. The molecule has 2 heteroatoms. The van der Waals surface area contributed by atoms with Crippen molar-refractivity contribution in [2.45, 2.75) is 45.8 Å². The summed E-state index contributed by atoms with van der Waals surface area (Å²) >= 11 is 0. The predicted octanol–water partition coefficient (Wildman–Crippen LogP) is 2.96. The molecule has 84 valence electrons. The normalized spacial score (nSPS) is 15.1. The van der Waals surface area contributed by atoms with E-state index in [0.29, 0.717) is 5.92 Å². The van der Waals surface area contributed by atoms with Crippen LogP contribution in [0, 0.1) is 0 Å². The summed E-state index contributed by atoms with van der Waals surface area (Å²) in [6, 6.07) is 8.03. The number of rotatable bonds is 4. The molecule has 0 fully saturated rings. The summed E-state index contributed by atoms with van der Waals surface area (Å²) in [5, 5.41) is 9.34. The Balaban J connectivity index is 2.73. The zero-order valence-corrected chi connectivity index (χ0v) is 9.90. The highest BCUT2D eigenvalue weighted by Gasteiger charge is 2.10. The van der Waals surface area contributed by atoms with Gasteiger partial charge in [0.15, 0.2) is 0 Å². The van der Waals surface area contributed by atoms with E-state index in [1.807, 2.05) is 25.1 Å². The molecule has 0 saturated heterocycles. The van der Waals surface area contributed by atoms with Crippen LogP contribution in [0.15, 0.2) is 24.3 Å². The van der Waals surface area contributed by atoms with Gasteiger partial charge in [0.2, 0.25) is 0 Å². The van der Waals surface area contributed by atoms with Crippen LogP contribution >= 0.6 is 0 Å². The van der Waals surface area contributed by atoms with E-state index >= 15 is 0 Å². The van der Waals surface area contributed by atoms with Crippen molar-refractivity contribution in [2.75, 3.05) is 0 Å². The van der Waals surface area contributed by atoms with Gasteiger partial charge in [0, 0.05) is 0 Å². The number of ether oxygens (including phenoxy) is 1. The van der Waals surface area contributed by atoms with E-state index in [-0.39, 0.29) is 6.10 Å². The first-order chi connectivity index (χ1) is 7.00. The molecule has 2 nitrogen and oxygen atoms in total. The number of aliphatic hydroxyl groups is 1. The second kappa shape index (κ2) is 5.17. The Bertz CT molecular complexity index is 305. The molecule has 0 saturated carbocycles. The summed E-state index contributed by atoms with van der Waals surface area (Å²) in [5.74, 6) is 1.32. The molecule has 0 radical (unpaired) electrons. The molecule has 1 unspecified atom stereocenters. The minimum Gasteiger partial charge on any atom is -0.488 e. The molecule has 1 N–H and O–H groups in total. The summed E-state index contributed by atoms with van der Waals surface area (Å²) in [5.41, 5.74) is 1.25. The fraction of sp³-hybridized carbons (Fsp3) is 0.538. The van der Waals surface area contributed by atoms with Crippen LogP contribution in [0.25, 0.3) is 0 Å². The van der Waals surface area contributed by atoms with Crippen LogP contribution in [0.3, 0.4) is 0 Å². The van der Waals surface area contributed by atoms with Crippen molar-refractivity contribution >= 4 is 0 Å². The summed E-state index contributed by atoms with van der Waals surface area (Å²) in [7, 11) is 0. The largest absolute Gasteiger partial charge is 0.488 e. The van der Waals surface area contributed by atoms with Crippen LogP contribution in [0.2, 0.25) is 0 Å². The first-order valence-corrected chi connectivity index (χ1v) is 5.45. The third kappa shape index (κ3) is 3.56. The van der Waals surface area contributed by atoms with E-state index in [1.165, 1.54) is 5.56 Å². The summed E-state index contributed by atoms with van der Waals surface area (Å²) < 4.78 is 5.62. The Hall–Kier alpha value is -1.02. The van der Waals surface area contributed by atoms with Crippen molar-refractivity contribution in [1.29, 1.82) is 0 Å². The highest BCUT2D eigenvalue weighted by atomic mass is 16.5. The minimum absolute atomic E-state index is 0.174. The molecule has 1 aromatic rings.